The summed E-state index contributed by atoms with van der Waals surface area (Å²) in [7, 11) is 0. The summed E-state index contributed by atoms with van der Waals surface area (Å²) in [6.45, 7) is 13.9. The third kappa shape index (κ3) is 10.1. The number of amides is 1. The van der Waals surface area contributed by atoms with E-state index < -0.39 is 41.4 Å². The van der Waals surface area contributed by atoms with Crippen LogP contribution in [-0.2, 0) is 44.7 Å². The van der Waals surface area contributed by atoms with E-state index in [0.717, 1.165) is 56.2 Å². The second-order valence-electron chi connectivity index (χ2n) is 16.2. The normalized spacial score (nSPS) is 31.6. The number of benzene rings is 1. The second kappa shape index (κ2) is 18.2. The van der Waals surface area contributed by atoms with Crippen molar-refractivity contribution in [2.75, 3.05) is 43.0 Å². The summed E-state index contributed by atoms with van der Waals surface area (Å²) in [5, 5.41) is 2.72. The summed E-state index contributed by atoms with van der Waals surface area (Å²) < 4.78 is 30.4. The van der Waals surface area contributed by atoms with Crippen LogP contribution in [0, 0.1) is 23.7 Å². The van der Waals surface area contributed by atoms with Crippen LogP contribution < -0.4 is 10.2 Å². The molecule has 1 spiro atoms. The summed E-state index contributed by atoms with van der Waals surface area (Å²) in [6.07, 6.45) is 6.00. The number of unbranched alkanes of at least 4 members (excludes halogenated alkanes) is 3. The highest BCUT2D eigenvalue weighted by Crippen LogP contribution is 2.60. The molecule has 1 amide bonds. The first-order chi connectivity index (χ1) is 24.8. The van der Waals surface area contributed by atoms with Gasteiger partial charge in [0.25, 0.3) is 0 Å². The average molecular weight is 772 g/mol. The molecule has 0 radical (unpaired) electrons. The molecule has 1 aromatic rings. The van der Waals surface area contributed by atoms with Crippen molar-refractivity contribution < 1.29 is 43.0 Å². The quantitative estimate of drug-likeness (QED) is 0.0731. The van der Waals surface area contributed by atoms with E-state index in [1.807, 2.05) is 31.2 Å². The zero-order valence-corrected chi connectivity index (χ0v) is 33.3. The predicted molar refractivity (Wildman–Crippen MR) is 199 cm³/mol. The van der Waals surface area contributed by atoms with E-state index in [1.54, 1.807) is 20.8 Å². The molecule has 1 N–H and O–H groups in total. The minimum Gasteiger partial charge on any atom is -0.464 e. The van der Waals surface area contributed by atoms with E-state index in [9.17, 15) is 9.59 Å². The van der Waals surface area contributed by atoms with Crippen LogP contribution in [0.5, 0.6) is 0 Å². The number of carbonyl (C=O) groups is 2. The van der Waals surface area contributed by atoms with Crippen molar-refractivity contribution in [3.05, 3.63) is 29.8 Å². The number of anilines is 1. The molecule has 13 heteroatoms. The van der Waals surface area contributed by atoms with Gasteiger partial charge >= 0.3 is 12.1 Å². The van der Waals surface area contributed by atoms with E-state index in [-0.39, 0.29) is 31.2 Å². The number of nitrogens with one attached hydrogen (secondary N) is 1. The lowest BCUT2D eigenvalue weighted by atomic mass is 9.58. The van der Waals surface area contributed by atoms with Crippen LogP contribution in [0.1, 0.15) is 98.5 Å². The van der Waals surface area contributed by atoms with E-state index in [1.165, 1.54) is 0 Å². The molecular formula is C39H60Cl2N2O9. The van der Waals surface area contributed by atoms with Gasteiger partial charge in [-0.3, -0.25) is 0 Å². The zero-order valence-electron chi connectivity index (χ0n) is 31.8. The fourth-order valence-electron chi connectivity index (χ4n) is 8.39. The number of carbonyl (C=O) groups excluding carboxylic acids is 2. The highest BCUT2D eigenvalue weighted by atomic mass is 35.5. The first kappa shape index (κ1) is 41.3. The number of ether oxygens (including phenoxy) is 5. The molecule has 1 aromatic carbocycles. The molecule has 52 heavy (non-hydrogen) atoms. The van der Waals surface area contributed by atoms with E-state index in [4.69, 9.17) is 56.7 Å². The zero-order chi connectivity index (χ0) is 37.5. The Labute approximate surface area is 319 Å². The minimum absolute atomic E-state index is 0.141. The number of alkyl halides is 2. The number of hydrogen-bond acceptors (Lipinski definition) is 10. The van der Waals surface area contributed by atoms with Gasteiger partial charge in [-0.1, -0.05) is 32.4 Å². The van der Waals surface area contributed by atoms with Gasteiger partial charge < -0.3 is 33.9 Å². The van der Waals surface area contributed by atoms with Crippen molar-refractivity contribution in [3.8, 4) is 0 Å². The van der Waals surface area contributed by atoms with Crippen molar-refractivity contribution >= 4 is 41.0 Å². The van der Waals surface area contributed by atoms with Gasteiger partial charge in [-0.05, 0) is 95.8 Å². The summed E-state index contributed by atoms with van der Waals surface area (Å²) in [5.74, 6) is 0.881. The van der Waals surface area contributed by atoms with Gasteiger partial charge in [0.1, 0.15) is 11.6 Å². The number of hydrogen-bond donors (Lipinski definition) is 1. The van der Waals surface area contributed by atoms with Crippen LogP contribution in [0.3, 0.4) is 0 Å². The molecule has 4 heterocycles. The van der Waals surface area contributed by atoms with Crippen LogP contribution in [0.25, 0.3) is 0 Å². The molecule has 2 bridgehead atoms. The van der Waals surface area contributed by atoms with Crippen LogP contribution in [0.2, 0.25) is 0 Å². The second-order valence-corrected chi connectivity index (χ2v) is 16.9. The topological polar surface area (TPSA) is 114 Å². The summed E-state index contributed by atoms with van der Waals surface area (Å²) in [6, 6.07) is 6.90. The lowest BCUT2D eigenvalue weighted by molar-refractivity contribution is -0.577. The highest BCUT2D eigenvalue weighted by molar-refractivity contribution is 6.18. The van der Waals surface area contributed by atoms with Crippen molar-refractivity contribution in [3.63, 3.8) is 0 Å². The highest BCUT2D eigenvalue weighted by Gasteiger charge is 2.69. The fourth-order valence-corrected chi connectivity index (χ4v) is 8.80. The summed E-state index contributed by atoms with van der Waals surface area (Å²) in [5.41, 5.74) is 0.563. The van der Waals surface area contributed by atoms with Crippen molar-refractivity contribution in [2.45, 2.75) is 135 Å². The lowest BCUT2D eigenvalue weighted by Gasteiger charge is -2.60. The van der Waals surface area contributed by atoms with Crippen molar-refractivity contribution in [1.82, 2.24) is 5.32 Å². The molecule has 5 fully saturated rings. The molecule has 1 saturated carbocycles. The Hall–Kier alpha value is -1.86. The first-order valence-corrected chi connectivity index (χ1v) is 20.3. The van der Waals surface area contributed by atoms with E-state index >= 15 is 0 Å². The van der Waals surface area contributed by atoms with Gasteiger partial charge in [-0.15, -0.1) is 23.2 Å². The molecule has 0 unspecified atom stereocenters. The monoisotopic (exact) mass is 770 g/mol. The Kier molecular flexibility index (Phi) is 14.4. The van der Waals surface area contributed by atoms with Crippen molar-refractivity contribution in [1.29, 1.82) is 0 Å². The maximum atomic E-state index is 13.2. The van der Waals surface area contributed by atoms with Crippen molar-refractivity contribution in [2.24, 2.45) is 23.7 Å². The third-order valence-corrected chi connectivity index (χ3v) is 11.4. The Balaban J connectivity index is 1.06. The van der Waals surface area contributed by atoms with Crippen LogP contribution in [0.15, 0.2) is 24.3 Å². The van der Waals surface area contributed by atoms with Gasteiger partial charge in [0.2, 0.25) is 5.79 Å². The molecule has 4 saturated heterocycles. The smallest absolute Gasteiger partial charge is 0.408 e. The Morgan fingerprint density at radius 3 is 2.33 bits per heavy atom. The van der Waals surface area contributed by atoms with Crippen LogP contribution in [-0.4, -0.2) is 85.7 Å². The third-order valence-electron chi connectivity index (χ3n) is 11.1. The van der Waals surface area contributed by atoms with Gasteiger partial charge in [0.05, 0.1) is 6.61 Å². The van der Waals surface area contributed by atoms with E-state index in [2.05, 4.69) is 24.1 Å². The number of alkyl carbamates (subject to hydrolysis) is 1. The minimum atomic E-state index is -0.901. The molecule has 0 aromatic heterocycles. The Morgan fingerprint density at radius 2 is 1.65 bits per heavy atom. The molecular weight excluding hydrogens is 711 g/mol. The van der Waals surface area contributed by atoms with Gasteiger partial charge in [0, 0.05) is 61.8 Å². The predicted octanol–water partition coefficient (Wildman–Crippen LogP) is 7.73. The number of nitrogens with zero attached hydrogens (tertiary/aromatic N) is 1. The molecule has 6 rings (SSSR count). The molecule has 5 aliphatic rings. The van der Waals surface area contributed by atoms with Gasteiger partial charge in [-0.2, -0.15) is 0 Å². The molecule has 1 aliphatic carbocycles. The first-order valence-electron chi connectivity index (χ1n) is 19.2. The summed E-state index contributed by atoms with van der Waals surface area (Å²) >= 11 is 11.9. The van der Waals surface area contributed by atoms with Crippen LogP contribution in [0.4, 0.5) is 10.5 Å². The fraction of sp³-hybridized carbons (Fsp3) is 0.795. The van der Waals surface area contributed by atoms with Gasteiger partial charge in [-0.25, -0.2) is 19.4 Å². The Morgan fingerprint density at radius 1 is 0.962 bits per heavy atom. The van der Waals surface area contributed by atoms with Gasteiger partial charge in [0.15, 0.2) is 18.2 Å². The number of rotatable bonds is 17. The maximum Gasteiger partial charge on any atom is 0.408 e. The number of fused-ring (bicyclic) bond motifs is 2. The largest absolute Gasteiger partial charge is 0.464 e. The molecule has 9 atom stereocenters. The maximum absolute atomic E-state index is 13.2. The molecule has 294 valence electrons. The number of halogens is 2. The Bertz CT molecular complexity index is 1310. The SMILES string of the molecule is C[C@H]1[C@@H](OCCCCCCOC(=O)[C@H](Cc2ccc(N(CCCl)CCCl)cc2)NC(=O)OC(C)(C)C)O[C@@H]2O[C@@]3(C)CC[C@H]4[C@H](C)CC[C@@H]1[C@@]24OO3. The molecule has 11 nitrogen and oxygen atoms in total. The molecule has 4 aliphatic heterocycles. The average Bonchev–Trinajstić information content (AvgIpc) is 3.32. The lowest BCUT2D eigenvalue weighted by Crippen LogP contribution is -2.70. The number of esters is 1. The van der Waals surface area contributed by atoms with Crippen LogP contribution >= 0.6 is 23.2 Å². The standard InChI is InChI=1S/C39H60Cl2N2O9/c1-26-11-16-31-27(2)34(48-35-39(31)30(26)17-18-38(6,49-35)51-52-39)47-24-10-8-7-9-23-46-33(44)32(42-36(45)50-37(3,4)5)25-28-12-14-29(15-13-28)43(21-19-40)22-20-41/h12-15,26-27,30-32,34-35H,7-11,16-25H2,1-6H3,(H,42,45)/t26-,27-,30+,31+,32+,34+,35-,38-,39-/m1/s1. The summed E-state index contributed by atoms with van der Waals surface area (Å²) in [4.78, 5) is 40.1. The van der Waals surface area contributed by atoms with E-state index in [0.29, 0.717) is 49.7 Å².